The highest BCUT2D eigenvalue weighted by atomic mass is 32.2. The summed E-state index contributed by atoms with van der Waals surface area (Å²) in [5.74, 6) is -2.80. The lowest BCUT2D eigenvalue weighted by molar-refractivity contribution is 0.0259. The molecule has 2 aromatic carbocycles. The van der Waals surface area contributed by atoms with Gasteiger partial charge >= 0.3 is 0 Å². The number of sulfonamides is 1. The average molecular weight is 456 g/mol. The lowest BCUT2D eigenvalue weighted by Crippen LogP contribution is -2.38. The molecule has 1 aliphatic heterocycles. The molecule has 8 nitrogen and oxygen atoms in total. The van der Waals surface area contributed by atoms with Crippen molar-refractivity contribution in [2.75, 3.05) is 45.8 Å². The van der Waals surface area contributed by atoms with Crippen LogP contribution < -0.4 is 10.1 Å². The lowest BCUT2D eigenvalue weighted by atomic mass is 10.2. The monoisotopic (exact) mass is 456 g/mol. The van der Waals surface area contributed by atoms with E-state index in [4.69, 9.17) is 14.2 Å². The molecule has 1 fully saturated rings. The fourth-order valence-corrected chi connectivity index (χ4v) is 4.69. The van der Waals surface area contributed by atoms with Crippen LogP contribution in [0.25, 0.3) is 0 Å². The number of hydrogen-bond acceptors (Lipinski definition) is 6. The van der Waals surface area contributed by atoms with E-state index in [0.29, 0.717) is 0 Å². The van der Waals surface area contributed by atoms with Crippen molar-refractivity contribution < 1.29 is 36.2 Å². The molecule has 31 heavy (non-hydrogen) atoms. The molecule has 0 bridgehead atoms. The second-order valence-electron chi connectivity index (χ2n) is 6.74. The minimum atomic E-state index is -4.05. The smallest absolute Gasteiger partial charge is 0.255 e. The van der Waals surface area contributed by atoms with Gasteiger partial charge in [0, 0.05) is 37.5 Å². The fraction of sp³-hybridized carbons (Fsp3) is 0.350. The second-order valence-corrected chi connectivity index (χ2v) is 8.65. The van der Waals surface area contributed by atoms with Crippen molar-refractivity contribution in [1.82, 2.24) is 4.31 Å². The molecule has 3 rings (SSSR count). The van der Waals surface area contributed by atoms with E-state index in [0.717, 1.165) is 12.1 Å². The molecule has 2 aromatic rings. The Morgan fingerprint density at radius 2 is 1.94 bits per heavy atom. The molecule has 0 radical (unpaired) electrons. The van der Waals surface area contributed by atoms with Crippen LogP contribution in [0.1, 0.15) is 10.4 Å². The highest BCUT2D eigenvalue weighted by Gasteiger charge is 2.32. The van der Waals surface area contributed by atoms with Crippen molar-refractivity contribution in [3.05, 3.63) is 53.6 Å². The van der Waals surface area contributed by atoms with Crippen molar-refractivity contribution >= 4 is 21.6 Å². The van der Waals surface area contributed by atoms with Crippen molar-refractivity contribution in [2.45, 2.75) is 11.0 Å². The molecule has 1 saturated heterocycles. The quantitative estimate of drug-likeness (QED) is 0.717. The zero-order valence-corrected chi connectivity index (χ0v) is 17.7. The zero-order chi connectivity index (χ0) is 22.6. The highest BCUT2D eigenvalue weighted by molar-refractivity contribution is 7.89. The third-order valence-corrected chi connectivity index (χ3v) is 6.64. The van der Waals surface area contributed by atoms with E-state index < -0.39 is 33.7 Å². The van der Waals surface area contributed by atoms with Crippen LogP contribution >= 0.6 is 0 Å². The molecule has 1 amide bonds. The SMILES string of the molecule is COc1ccc(C(=O)Nc2ccc(F)c(F)c2)cc1S(=O)(=O)N1CCOCC(OC)C1. The fourth-order valence-electron chi connectivity index (χ4n) is 3.05. The van der Waals surface area contributed by atoms with Crippen LogP contribution in [0.5, 0.6) is 5.75 Å². The Hall–Kier alpha value is -2.60. The first-order valence-corrected chi connectivity index (χ1v) is 10.8. The number of ether oxygens (including phenoxy) is 3. The van der Waals surface area contributed by atoms with Gasteiger partial charge in [0.05, 0.1) is 26.4 Å². The van der Waals surface area contributed by atoms with Gasteiger partial charge < -0.3 is 19.5 Å². The van der Waals surface area contributed by atoms with E-state index in [-0.39, 0.29) is 48.2 Å². The maximum Gasteiger partial charge on any atom is 0.255 e. The minimum absolute atomic E-state index is 0.00142. The Morgan fingerprint density at radius 3 is 2.61 bits per heavy atom. The van der Waals surface area contributed by atoms with Crippen LogP contribution in [0.2, 0.25) is 0 Å². The number of rotatable bonds is 6. The van der Waals surface area contributed by atoms with E-state index in [2.05, 4.69) is 5.32 Å². The van der Waals surface area contributed by atoms with Crippen molar-refractivity contribution in [3.63, 3.8) is 0 Å². The van der Waals surface area contributed by atoms with E-state index in [9.17, 15) is 22.0 Å². The molecule has 168 valence electrons. The Balaban J connectivity index is 1.92. The molecule has 0 saturated carbocycles. The van der Waals surface area contributed by atoms with Gasteiger partial charge in [-0.05, 0) is 30.3 Å². The molecule has 1 atom stereocenters. The first-order valence-electron chi connectivity index (χ1n) is 9.31. The van der Waals surface area contributed by atoms with Gasteiger partial charge in [-0.1, -0.05) is 0 Å². The highest BCUT2D eigenvalue weighted by Crippen LogP contribution is 2.29. The number of halogens is 2. The number of anilines is 1. The molecular formula is C20H22F2N2O6S. The van der Waals surface area contributed by atoms with E-state index in [1.807, 2.05) is 0 Å². The molecule has 1 unspecified atom stereocenters. The first-order chi connectivity index (χ1) is 14.8. The van der Waals surface area contributed by atoms with Crippen LogP contribution in [0, 0.1) is 11.6 Å². The Labute approximate surface area is 178 Å². The predicted molar refractivity (Wildman–Crippen MR) is 108 cm³/mol. The van der Waals surface area contributed by atoms with Gasteiger partial charge in [0.2, 0.25) is 10.0 Å². The standard InChI is InChI=1S/C20H22F2N2O6S/c1-28-15-11-24(7-8-30-12-15)31(26,27)19-9-13(3-6-18(19)29-2)20(25)23-14-4-5-16(21)17(22)10-14/h3-6,9-10,15H,7-8,11-12H2,1-2H3,(H,23,25). The molecule has 0 aliphatic carbocycles. The zero-order valence-electron chi connectivity index (χ0n) is 16.9. The van der Waals surface area contributed by atoms with E-state index in [1.54, 1.807) is 0 Å². The van der Waals surface area contributed by atoms with E-state index in [1.165, 1.54) is 42.8 Å². The van der Waals surface area contributed by atoms with Crippen LogP contribution in [0.3, 0.4) is 0 Å². The van der Waals surface area contributed by atoms with Crippen LogP contribution in [0.15, 0.2) is 41.3 Å². The number of nitrogens with zero attached hydrogens (tertiary/aromatic N) is 1. The molecule has 11 heteroatoms. The molecule has 0 spiro atoms. The third-order valence-electron chi connectivity index (χ3n) is 4.75. The largest absolute Gasteiger partial charge is 0.495 e. The number of hydrogen-bond donors (Lipinski definition) is 1. The maximum atomic E-state index is 13.4. The topological polar surface area (TPSA) is 94.2 Å². The Morgan fingerprint density at radius 1 is 1.16 bits per heavy atom. The molecule has 1 N–H and O–H groups in total. The molecule has 1 aliphatic rings. The summed E-state index contributed by atoms with van der Waals surface area (Å²) >= 11 is 0. The van der Waals surface area contributed by atoms with E-state index >= 15 is 0 Å². The Kier molecular flexibility index (Phi) is 7.21. The number of amides is 1. The van der Waals surface area contributed by atoms with Crippen molar-refractivity contribution in [3.8, 4) is 5.75 Å². The van der Waals surface area contributed by atoms with Gasteiger partial charge in [0.15, 0.2) is 11.6 Å². The van der Waals surface area contributed by atoms with Gasteiger partial charge in [0.25, 0.3) is 5.91 Å². The van der Waals surface area contributed by atoms with Gasteiger partial charge in [-0.25, -0.2) is 17.2 Å². The number of benzene rings is 2. The van der Waals surface area contributed by atoms with Crippen molar-refractivity contribution in [1.29, 1.82) is 0 Å². The third kappa shape index (κ3) is 5.18. The van der Waals surface area contributed by atoms with Gasteiger partial charge in [-0.3, -0.25) is 4.79 Å². The molecular weight excluding hydrogens is 434 g/mol. The number of nitrogens with one attached hydrogen (secondary N) is 1. The summed E-state index contributed by atoms with van der Waals surface area (Å²) in [6.07, 6.45) is -0.442. The second kappa shape index (κ2) is 9.69. The summed E-state index contributed by atoms with van der Waals surface area (Å²) in [6, 6.07) is 6.81. The average Bonchev–Trinajstić information content (AvgIpc) is 3.02. The molecule has 1 heterocycles. The first kappa shape index (κ1) is 23.1. The lowest BCUT2D eigenvalue weighted by Gasteiger charge is -2.23. The summed E-state index contributed by atoms with van der Waals surface area (Å²) in [4.78, 5) is 12.4. The van der Waals surface area contributed by atoms with Gasteiger partial charge in [0.1, 0.15) is 10.6 Å². The summed E-state index contributed by atoms with van der Waals surface area (Å²) in [7, 11) is -1.27. The summed E-state index contributed by atoms with van der Waals surface area (Å²) < 4.78 is 70.2. The van der Waals surface area contributed by atoms with Gasteiger partial charge in [-0.2, -0.15) is 4.31 Å². The van der Waals surface area contributed by atoms with Crippen LogP contribution in [0.4, 0.5) is 14.5 Å². The number of methoxy groups -OCH3 is 2. The minimum Gasteiger partial charge on any atom is -0.495 e. The van der Waals surface area contributed by atoms with Crippen molar-refractivity contribution in [2.24, 2.45) is 0 Å². The number of carbonyl (C=O) groups excluding carboxylic acids is 1. The Bertz CT molecular complexity index is 1060. The van der Waals surface area contributed by atoms with Crippen LogP contribution in [-0.4, -0.2) is 65.3 Å². The normalized spacial score (nSPS) is 17.7. The molecule has 0 aromatic heterocycles. The summed E-state index contributed by atoms with van der Waals surface area (Å²) in [5, 5.41) is 2.41. The predicted octanol–water partition coefficient (Wildman–Crippen LogP) is 2.26. The van der Waals surface area contributed by atoms with Gasteiger partial charge in [-0.15, -0.1) is 0 Å². The summed E-state index contributed by atoms with van der Waals surface area (Å²) in [5.41, 5.74) is 0.0233. The van der Waals surface area contributed by atoms with Crippen LogP contribution in [-0.2, 0) is 19.5 Å². The number of carbonyl (C=O) groups is 1. The maximum absolute atomic E-state index is 13.4. The summed E-state index contributed by atoms with van der Waals surface area (Å²) in [6.45, 7) is 0.637.